The molecular weight excluding hydrogens is 502 g/mol. The summed E-state index contributed by atoms with van der Waals surface area (Å²) in [7, 11) is 3.53. The highest BCUT2D eigenvalue weighted by Crippen LogP contribution is 2.40. The molecule has 0 unspecified atom stereocenters. The molecule has 2 saturated heterocycles. The van der Waals surface area contributed by atoms with Crippen LogP contribution in [0.5, 0.6) is 0 Å². The molecule has 0 amide bonds. The minimum atomic E-state index is 0.604. The number of fused-ring (bicyclic) bond motifs is 3. The molecule has 3 aliphatic heterocycles. The fourth-order valence-electron chi connectivity index (χ4n) is 4.54. The van der Waals surface area contributed by atoms with Crippen molar-refractivity contribution >= 4 is 18.0 Å². The lowest BCUT2D eigenvalue weighted by molar-refractivity contribution is 0.102. The predicted octanol–water partition coefficient (Wildman–Crippen LogP) is 3.17. The lowest BCUT2D eigenvalue weighted by Gasteiger charge is -2.29. The maximum absolute atomic E-state index is 10.8. The first-order valence-electron chi connectivity index (χ1n) is 13.7. The average molecular weight is 548 g/mol. The molecule has 4 heterocycles. The number of nitrogens with zero attached hydrogens (tertiary/aromatic N) is 3. The Morgan fingerprint density at radius 1 is 1.05 bits per heavy atom. The number of carbonyl (C=O) groups is 1. The Balaban J connectivity index is 0.000000174. The fourth-order valence-corrected chi connectivity index (χ4v) is 5.63. The number of aromatic amines is 1. The van der Waals surface area contributed by atoms with E-state index in [1.165, 1.54) is 43.8 Å². The summed E-state index contributed by atoms with van der Waals surface area (Å²) in [5, 5.41) is 10.1. The molecule has 5 rings (SSSR count). The van der Waals surface area contributed by atoms with Crippen LogP contribution in [0.1, 0.15) is 35.3 Å². The SMILES string of the molecule is C1COCCN1.COCCN(CCOC)CCN1CCCCC1.O=Cc1[nH]nc2c1CSc1ccccc1-2. The molecule has 1 aromatic heterocycles. The molecular formula is C28H45N5O4S. The molecule has 0 saturated carbocycles. The molecule has 38 heavy (non-hydrogen) atoms. The summed E-state index contributed by atoms with van der Waals surface area (Å²) in [6, 6.07) is 8.13. The molecule has 10 heteroatoms. The number of aromatic nitrogens is 2. The Morgan fingerprint density at radius 3 is 2.37 bits per heavy atom. The molecule has 9 nitrogen and oxygen atoms in total. The third kappa shape index (κ3) is 10.4. The van der Waals surface area contributed by atoms with Gasteiger partial charge in [-0.15, -0.1) is 11.8 Å². The molecule has 3 aliphatic rings. The van der Waals surface area contributed by atoms with Crippen LogP contribution < -0.4 is 5.32 Å². The van der Waals surface area contributed by atoms with Crippen LogP contribution in [0.25, 0.3) is 11.3 Å². The summed E-state index contributed by atoms with van der Waals surface area (Å²) in [5.74, 6) is 0.816. The van der Waals surface area contributed by atoms with Gasteiger partial charge >= 0.3 is 0 Å². The molecule has 2 fully saturated rings. The van der Waals surface area contributed by atoms with Crippen molar-refractivity contribution in [1.82, 2.24) is 25.3 Å². The monoisotopic (exact) mass is 547 g/mol. The van der Waals surface area contributed by atoms with Gasteiger partial charge in [0.05, 0.1) is 32.1 Å². The van der Waals surface area contributed by atoms with Crippen LogP contribution >= 0.6 is 11.8 Å². The molecule has 0 spiro atoms. The maximum Gasteiger partial charge on any atom is 0.168 e. The number of benzene rings is 1. The Kier molecular flexibility index (Phi) is 15.0. The topological polar surface area (TPSA) is 92.0 Å². The van der Waals surface area contributed by atoms with E-state index in [9.17, 15) is 4.79 Å². The number of nitrogens with one attached hydrogen (secondary N) is 2. The lowest BCUT2D eigenvalue weighted by Crippen LogP contribution is -2.40. The first-order valence-corrected chi connectivity index (χ1v) is 14.7. The zero-order valence-corrected chi connectivity index (χ0v) is 23.9. The summed E-state index contributed by atoms with van der Waals surface area (Å²) in [5.41, 5.74) is 3.67. The van der Waals surface area contributed by atoms with Gasteiger partial charge in [0, 0.05) is 75.3 Å². The molecule has 0 atom stereocenters. The van der Waals surface area contributed by atoms with Crippen LogP contribution in [0, 0.1) is 0 Å². The third-order valence-corrected chi connectivity index (χ3v) is 7.88. The number of aldehydes is 1. The lowest BCUT2D eigenvalue weighted by atomic mass is 10.1. The number of methoxy groups -OCH3 is 2. The van der Waals surface area contributed by atoms with Gasteiger partial charge in [-0.25, -0.2) is 0 Å². The summed E-state index contributed by atoms with van der Waals surface area (Å²) < 4.78 is 15.3. The van der Waals surface area contributed by atoms with Gasteiger partial charge in [0.25, 0.3) is 0 Å². The number of rotatable bonds is 10. The van der Waals surface area contributed by atoms with E-state index in [0.717, 1.165) is 88.0 Å². The Morgan fingerprint density at radius 2 is 1.76 bits per heavy atom. The number of carbonyl (C=O) groups excluding carboxylic acids is 1. The van der Waals surface area contributed by atoms with Crippen molar-refractivity contribution in [2.75, 3.05) is 93.0 Å². The Hall–Kier alpha value is -1.79. The van der Waals surface area contributed by atoms with Gasteiger partial charge in [0.15, 0.2) is 6.29 Å². The van der Waals surface area contributed by atoms with Gasteiger partial charge in [-0.1, -0.05) is 24.6 Å². The van der Waals surface area contributed by atoms with Crippen LogP contribution in [0.15, 0.2) is 29.2 Å². The highest BCUT2D eigenvalue weighted by molar-refractivity contribution is 7.98. The van der Waals surface area contributed by atoms with Gasteiger partial charge < -0.3 is 24.4 Å². The number of H-pyrrole nitrogens is 1. The number of hydrogen-bond donors (Lipinski definition) is 2. The van der Waals surface area contributed by atoms with Crippen molar-refractivity contribution in [1.29, 1.82) is 0 Å². The summed E-state index contributed by atoms with van der Waals surface area (Å²) in [4.78, 5) is 17.0. The van der Waals surface area contributed by atoms with Crippen LogP contribution in [0.2, 0.25) is 0 Å². The second kappa shape index (κ2) is 18.5. The summed E-state index contributed by atoms with van der Waals surface area (Å²) >= 11 is 1.75. The second-order valence-corrected chi connectivity index (χ2v) is 10.5. The molecule has 2 aromatic rings. The number of hydrogen-bond acceptors (Lipinski definition) is 9. The van der Waals surface area contributed by atoms with Crippen LogP contribution in [0.3, 0.4) is 0 Å². The fraction of sp³-hybridized carbons (Fsp3) is 0.643. The Bertz CT molecular complexity index is 899. The van der Waals surface area contributed by atoms with E-state index in [1.54, 1.807) is 26.0 Å². The van der Waals surface area contributed by atoms with Crippen LogP contribution in [-0.4, -0.2) is 119 Å². The highest BCUT2D eigenvalue weighted by Gasteiger charge is 2.21. The largest absolute Gasteiger partial charge is 0.383 e. The molecule has 0 radical (unpaired) electrons. The smallest absolute Gasteiger partial charge is 0.168 e. The number of piperidine rings is 1. The second-order valence-electron chi connectivity index (χ2n) is 9.46. The minimum Gasteiger partial charge on any atom is -0.383 e. The van der Waals surface area contributed by atoms with E-state index < -0.39 is 0 Å². The number of likely N-dealkylation sites (tertiary alicyclic amines) is 1. The minimum absolute atomic E-state index is 0.604. The van der Waals surface area contributed by atoms with Gasteiger partial charge in [0.1, 0.15) is 5.69 Å². The predicted molar refractivity (Wildman–Crippen MR) is 153 cm³/mol. The van der Waals surface area contributed by atoms with Crippen molar-refractivity contribution in [2.45, 2.75) is 29.9 Å². The van der Waals surface area contributed by atoms with E-state index in [-0.39, 0.29) is 0 Å². The summed E-state index contributed by atoms with van der Waals surface area (Å²) in [6.45, 7) is 12.3. The van der Waals surface area contributed by atoms with Gasteiger partial charge in [-0.2, -0.15) is 5.10 Å². The number of thioether (sulfide) groups is 1. The molecule has 2 N–H and O–H groups in total. The zero-order valence-electron chi connectivity index (χ0n) is 23.1. The van der Waals surface area contributed by atoms with Gasteiger partial charge in [0.2, 0.25) is 0 Å². The molecule has 0 bridgehead atoms. The van der Waals surface area contributed by atoms with E-state index in [4.69, 9.17) is 14.2 Å². The summed E-state index contributed by atoms with van der Waals surface area (Å²) in [6.07, 6.45) is 4.99. The van der Waals surface area contributed by atoms with E-state index >= 15 is 0 Å². The first kappa shape index (κ1) is 30.7. The van der Waals surface area contributed by atoms with E-state index in [2.05, 4.69) is 31.4 Å². The number of ether oxygens (including phenoxy) is 3. The standard InChI is InChI=1S/C13H28N2O2.C11H8N2OS.C4H9NO/c1-16-12-10-15(11-13-17-2)9-8-14-6-4-3-5-7-14;14-5-9-8-6-15-10-4-2-1-3-7(10)11(8)13-12-9;1-3-6-4-2-5-1/h3-13H2,1-2H3;1-5H,6H2,(H,12,13);5H,1-4H2. The van der Waals surface area contributed by atoms with E-state index in [0.29, 0.717) is 5.69 Å². The van der Waals surface area contributed by atoms with Crippen molar-refractivity contribution in [3.8, 4) is 11.3 Å². The number of morpholine rings is 1. The first-order chi connectivity index (χ1) is 18.8. The highest BCUT2D eigenvalue weighted by atomic mass is 32.2. The third-order valence-electron chi connectivity index (χ3n) is 6.78. The maximum atomic E-state index is 10.8. The molecule has 1 aromatic carbocycles. The van der Waals surface area contributed by atoms with Crippen LogP contribution in [-0.2, 0) is 20.0 Å². The molecule has 0 aliphatic carbocycles. The normalized spacial score (nSPS) is 16.9. The van der Waals surface area contributed by atoms with E-state index in [1.807, 2.05) is 18.2 Å². The van der Waals surface area contributed by atoms with Crippen LogP contribution in [0.4, 0.5) is 0 Å². The zero-order chi connectivity index (χ0) is 26.8. The van der Waals surface area contributed by atoms with Crippen molar-refractivity contribution in [2.24, 2.45) is 0 Å². The van der Waals surface area contributed by atoms with Crippen molar-refractivity contribution in [3.05, 3.63) is 35.5 Å². The quantitative estimate of drug-likeness (QED) is 0.435. The van der Waals surface area contributed by atoms with Gasteiger partial charge in [-0.3, -0.25) is 14.8 Å². The average Bonchev–Trinajstić information content (AvgIpc) is 3.43. The van der Waals surface area contributed by atoms with Crippen molar-refractivity contribution in [3.63, 3.8) is 0 Å². The van der Waals surface area contributed by atoms with Gasteiger partial charge in [-0.05, 0) is 32.0 Å². The molecule has 212 valence electrons. The van der Waals surface area contributed by atoms with Crippen molar-refractivity contribution < 1.29 is 19.0 Å². The Labute approximate surface area is 232 Å².